The maximum Gasteiger partial charge on any atom is 0.227 e. The van der Waals surface area contributed by atoms with Crippen molar-refractivity contribution in [3.63, 3.8) is 0 Å². The number of hydrogen-bond acceptors (Lipinski definition) is 6. The Balaban J connectivity index is 1.62. The average molecular weight is 409 g/mol. The Labute approximate surface area is 174 Å². The quantitative estimate of drug-likeness (QED) is 0.665. The van der Waals surface area contributed by atoms with Crippen molar-refractivity contribution in [1.29, 1.82) is 0 Å². The highest BCUT2D eigenvalue weighted by molar-refractivity contribution is 6.32. The number of carbonyl (C=O) groups excluding carboxylic acids is 1. The normalized spacial score (nSPS) is 13.9. The van der Waals surface area contributed by atoms with Crippen molar-refractivity contribution in [3.8, 4) is 11.3 Å². The van der Waals surface area contributed by atoms with Crippen molar-refractivity contribution in [2.24, 2.45) is 0 Å². The maximum atomic E-state index is 12.0. The van der Waals surface area contributed by atoms with E-state index in [1.54, 1.807) is 29.7 Å². The van der Waals surface area contributed by atoms with Crippen molar-refractivity contribution in [2.45, 2.75) is 32.6 Å². The highest BCUT2D eigenvalue weighted by atomic mass is 35.5. The molecule has 1 aliphatic heterocycles. The molecule has 0 radical (unpaired) electrons. The van der Waals surface area contributed by atoms with Crippen LogP contribution in [0.1, 0.15) is 38.3 Å². The van der Waals surface area contributed by atoms with E-state index in [9.17, 15) is 4.79 Å². The van der Waals surface area contributed by atoms with Gasteiger partial charge >= 0.3 is 0 Å². The third kappa shape index (κ3) is 4.19. The second-order valence-corrected chi connectivity index (χ2v) is 7.63. The molecule has 4 heterocycles. The van der Waals surface area contributed by atoms with E-state index in [0.717, 1.165) is 23.4 Å². The van der Waals surface area contributed by atoms with Crippen LogP contribution in [0.15, 0.2) is 43.0 Å². The third-order valence-corrected chi connectivity index (χ3v) is 5.03. The summed E-state index contributed by atoms with van der Waals surface area (Å²) in [4.78, 5) is 31.2. The molecule has 1 aliphatic rings. The lowest BCUT2D eigenvalue weighted by Crippen LogP contribution is -2.23. The Morgan fingerprint density at radius 1 is 1.17 bits per heavy atom. The van der Waals surface area contributed by atoms with Gasteiger partial charge in [0.05, 0.1) is 40.7 Å². The summed E-state index contributed by atoms with van der Waals surface area (Å²) in [6.07, 6.45) is 8.13. The van der Waals surface area contributed by atoms with E-state index in [2.05, 4.69) is 39.1 Å². The smallest absolute Gasteiger partial charge is 0.227 e. The molecule has 7 nitrogen and oxygen atoms in total. The fourth-order valence-corrected chi connectivity index (χ4v) is 3.44. The summed E-state index contributed by atoms with van der Waals surface area (Å²) in [5.74, 6) is 0.821. The molecule has 0 atom stereocenters. The minimum absolute atomic E-state index is 0.118. The van der Waals surface area contributed by atoms with Gasteiger partial charge in [0.2, 0.25) is 11.9 Å². The van der Waals surface area contributed by atoms with Crippen LogP contribution in [0.3, 0.4) is 0 Å². The topological polar surface area (TPSA) is 83.9 Å². The summed E-state index contributed by atoms with van der Waals surface area (Å²) >= 11 is 6.36. The van der Waals surface area contributed by atoms with Crippen molar-refractivity contribution in [3.05, 3.63) is 53.7 Å². The molecule has 8 heteroatoms. The number of carbonyl (C=O) groups is 1. The number of halogens is 1. The molecule has 1 amide bonds. The van der Waals surface area contributed by atoms with Crippen LogP contribution in [0, 0.1) is 0 Å². The number of pyridine rings is 2. The third-order valence-electron chi connectivity index (χ3n) is 4.76. The fourth-order valence-electron chi connectivity index (χ4n) is 3.24. The predicted molar refractivity (Wildman–Crippen MR) is 113 cm³/mol. The van der Waals surface area contributed by atoms with Gasteiger partial charge in [-0.1, -0.05) is 25.4 Å². The van der Waals surface area contributed by atoms with Crippen molar-refractivity contribution in [2.75, 3.05) is 16.8 Å². The molecule has 0 aromatic carbocycles. The summed E-state index contributed by atoms with van der Waals surface area (Å²) in [6.45, 7) is 4.89. The summed E-state index contributed by atoms with van der Waals surface area (Å²) in [7, 11) is 0. The molecule has 1 saturated heterocycles. The lowest BCUT2D eigenvalue weighted by Gasteiger charge is -2.16. The van der Waals surface area contributed by atoms with E-state index in [-0.39, 0.29) is 5.91 Å². The van der Waals surface area contributed by atoms with Crippen molar-refractivity contribution >= 4 is 34.8 Å². The molecule has 4 rings (SSSR count). The standard InChI is InChI=1S/C21H21ClN6O/c1-13(2)18-8-14(5-6-24-18)20-17(22)12-25-21(27-20)26-15-9-16(11-23-10-15)28-7-3-4-19(28)29/h5-6,8-13H,3-4,7H2,1-2H3,(H,25,26,27). The van der Waals surface area contributed by atoms with Crippen LogP contribution in [0.5, 0.6) is 0 Å². The van der Waals surface area contributed by atoms with E-state index < -0.39 is 0 Å². The van der Waals surface area contributed by atoms with Crippen LogP contribution < -0.4 is 10.2 Å². The number of aromatic nitrogens is 4. The van der Waals surface area contributed by atoms with Gasteiger partial charge in [-0.25, -0.2) is 9.97 Å². The van der Waals surface area contributed by atoms with Gasteiger partial charge in [-0.2, -0.15) is 0 Å². The van der Waals surface area contributed by atoms with Crippen LogP contribution in [0.4, 0.5) is 17.3 Å². The number of nitrogens with one attached hydrogen (secondary N) is 1. The molecule has 0 saturated carbocycles. The first-order valence-corrected chi connectivity index (χ1v) is 9.90. The lowest BCUT2D eigenvalue weighted by molar-refractivity contribution is -0.117. The minimum Gasteiger partial charge on any atom is -0.323 e. The van der Waals surface area contributed by atoms with Crippen molar-refractivity contribution in [1.82, 2.24) is 19.9 Å². The molecule has 1 fully saturated rings. The highest BCUT2D eigenvalue weighted by Crippen LogP contribution is 2.29. The zero-order chi connectivity index (χ0) is 20.4. The molecule has 0 spiro atoms. The van der Waals surface area contributed by atoms with E-state index in [4.69, 9.17) is 11.6 Å². The van der Waals surface area contributed by atoms with Crippen LogP contribution in [-0.4, -0.2) is 32.4 Å². The summed E-state index contributed by atoms with van der Waals surface area (Å²) < 4.78 is 0. The Morgan fingerprint density at radius 3 is 2.79 bits per heavy atom. The maximum absolute atomic E-state index is 12.0. The van der Waals surface area contributed by atoms with Crippen LogP contribution in [0.2, 0.25) is 5.02 Å². The molecular formula is C21H21ClN6O. The lowest BCUT2D eigenvalue weighted by atomic mass is 10.1. The molecule has 0 bridgehead atoms. The van der Waals surface area contributed by atoms with E-state index >= 15 is 0 Å². The van der Waals surface area contributed by atoms with Gasteiger partial charge in [-0.05, 0) is 30.5 Å². The zero-order valence-corrected chi connectivity index (χ0v) is 17.0. The number of anilines is 3. The zero-order valence-electron chi connectivity index (χ0n) is 16.3. The number of hydrogen-bond donors (Lipinski definition) is 1. The molecule has 3 aromatic rings. The van der Waals surface area contributed by atoms with Crippen LogP contribution >= 0.6 is 11.6 Å². The van der Waals surface area contributed by atoms with Gasteiger partial charge < -0.3 is 10.2 Å². The Kier molecular flexibility index (Phi) is 5.40. The molecule has 29 heavy (non-hydrogen) atoms. The Hall–Kier alpha value is -3.06. The van der Waals surface area contributed by atoms with Crippen LogP contribution in [-0.2, 0) is 4.79 Å². The van der Waals surface area contributed by atoms with E-state index in [1.807, 2.05) is 18.2 Å². The van der Waals surface area contributed by atoms with E-state index in [0.29, 0.717) is 41.2 Å². The van der Waals surface area contributed by atoms with Gasteiger partial charge in [0.15, 0.2) is 0 Å². The Morgan fingerprint density at radius 2 is 2.03 bits per heavy atom. The largest absolute Gasteiger partial charge is 0.323 e. The molecule has 1 N–H and O–H groups in total. The monoisotopic (exact) mass is 408 g/mol. The first kappa shape index (κ1) is 19.3. The van der Waals surface area contributed by atoms with Crippen LogP contribution in [0.25, 0.3) is 11.3 Å². The SMILES string of the molecule is CC(C)c1cc(-c2nc(Nc3cncc(N4CCCC4=O)c3)ncc2Cl)ccn1. The second-order valence-electron chi connectivity index (χ2n) is 7.22. The second kappa shape index (κ2) is 8.13. The van der Waals surface area contributed by atoms with Gasteiger partial charge in [-0.3, -0.25) is 14.8 Å². The minimum atomic E-state index is 0.118. The molecule has 3 aromatic heterocycles. The number of amides is 1. The average Bonchev–Trinajstić information content (AvgIpc) is 3.16. The van der Waals surface area contributed by atoms with E-state index in [1.165, 1.54) is 0 Å². The first-order chi connectivity index (χ1) is 14.0. The molecule has 0 unspecified atom stereocenters. The van der Waals surface area contributed by atoms with Gasteiger partial charge in [0.1, 0.15) is 0 Å². The molecule has 148 valence electrons. The summed E-state index contributed by atoms with van der Waals surface area (Å²) in [5.41, 5.74) is 3.95. The van der Waals surface area contributed by atoms with Gasteiger partial charge in [0.25, 0.3) is 0 Å². The first-order valence-electron chi connectivity index (χ1n) is 9.52. The number of nitrogens with zero attached hydrogens (tertiary/aromatic N) is 5. The fraction of sp³-hybridized carbons (Fsp3) is 0.286. The summed E-state index contributed by atoms with van der Waals surface area (Å²) in [5, 5.41) is 3.62. The van der Waals surface area contributed by atoms with Gasteiger partial charge in [-0.15, -0.1) is 0 Å². The molecular weight excluding hydrogens is 388 g/mol. The Bertz CT molecular complexity index is 1050. The van der Waals surface area contributed by atoms with Crippen molar-refractivity contribution < 1.29 is 4.79 Å². The summed E-state index contributed by atoms with van der Waals surface area (Å²) in [6, 6.07) is 5.74. The highest BCUT2D eigenvalue weighted by Gasteiger charge is 2.22. The van der Waals surface area contributed by atoms with Gasteiger partial charge in [0, 0.05) is 30.4 Å². The predicted octanol–water partition coefficient (Wildman–Crippen LogP) is 4.58. The molecule has 0 aliphatic carbocycles. The number of rotatable bonds is 5.